The van der Waals surface area contributed by atoms with E-state index in [1.807, 2.05) is 0 Å². The maximum absolute atomic E-state index is 10.9. The first-order chi connectivity index (χ1) is 6.52. The van der Waals surface area contributed by atoms with Crippen LogP contribution in [0.15, 0.2) is 0 Å². The molecular weight excluding hydrogens is 190 g/mol. The summed E-state index contributed by atoms with van der Waals surface area (Å²) in [5, 5.41) is 11.1. The van der Waals surface area contributed by atoms with Gasteiger partial charge in [0.05, 0.1) is 7.11 Å². The first-order valence-electron chi connectivity index (χ1n) is 4.25. The molecule has 0 aromatic rings. The Bertz CT molecular complexity index is 218. The van der Waals surface area contributed by atoms with Crippen LogP contribution in [0.5, 0.6) is 0 Å². The maximum atomic E-state index is 10.9. The number of amides is 1. The Labute approximate surface area is 82.2 Å². The van der Waals surface area contributed by atoms with E-state index in [-0.39, 0.29) is 13.0 Å². The summed E-state index contributed by atoms with van der Waals surface area (Å²) in [7, 11) is 1.16. The van der Waals surface area contributed by atoms with Crippen molar-refractivity contribution in [1.82, 2.24) is 5.32 Å². The smallest absolute Gasteiger partial charge is 0.409 e. The third kappa shape index (κ3) is 2.88. The van der Waals surface area contributed by atoms with E-state index in [2.05, 4.69) is 10.1 Å². The Morgan fingerprint density at radius 1 is 1.43 bits per heavy atom. The number of hydrogen-bond donors (Lipinski definition) is 2. The van der Waals surface area contributed by atoms with Crippen molar-refractivity contribution in [1.29, 1.82) is 0 Å². The zero-order valence-corrected chi connectivity index (χ0v) is 8.49. The third-order valence-electron chi connectivity index (χ3n) is 1.72. The van der Waals surface area contributed by atoms with Crippen LogP contribution < -0.4 is 5.32 Å². The van der Waals surface area contributed by atoms with E-state index < -0.39 is 17.8 Å². The van der Waals surface area contributed by atoms with Gasteiger partial charge >= 0.3 is 12.1 Å². The lowest BCUT2D eigenvalue weighted by molar-refractivity contribution is -0.170. The molecular formula is C8H15NO5. The summed E-state index contributed by atoms with van der Waals surface area (Å²) in [5.74, 6) is -1.24. The van der Waals surface area contributed by atoms with Crippen LogP contribution in [0.25, 0.3) is 0 Å². The first-order valence-corrected chi connectivity index (χ1v) is 4.25. The van der Waals surface area contributed by atoms with Crippen LogP contribution in [-0.4, -0.2) is 36.6 Å². The molecule has 0 saturated carbocycles. The van der Waals surface area contributed by atoms with E-state index in [1.165, 1.54) is 0 Å². The lowest BCUT2D eigenvalue weighted by atomic mass is 10.1. The van der Waals surface area contributed by atoms with Crippen molar-refractivity contribution in [3.63, 3.8) is 0 Å². The minimum atomic E-state index is -1.69. The van der Waals surface area contributed by atoms with Crippen molar-refractivity contribution in [2.24, 2.45) is 0 Å². The second-order valence-electron chi connectivity index (χ2n) is 2.54. The number of rotatable bonds is 5. The summed E-state index contributed by atoms with van der Waals surface area (Å²) in [5.41, 5.74) is -1.69. The van der Waals surface area contributed by atoms with Crippen LogP contribution in [0, 0.1) is 0 Å². The average Bonchev–Trinajstić information content (AvgIpc) is 2.16. The van der Waals surface area contributed by atoms with E-state index in [1.54, 1.807) is 13.8 Å². The molecule has 0 rings (SSSR count). The molecule has 1 amide bonds. The number of carbonyl (C=O) groups is 2. The van der Waals surface area contributed by atoms with E-state index in [0.717, 1.165) is 7.11 Å². The summed E-state index contributed by atoms with van der Waals surface area (Å²) in [6.07, 6.45) is -0.714. The largest absolute Gasteiger partial charge is 0.478 e. The second kappa shape index (κ2) is 5.43. The van der Waals surface area contributed by atoms with Gasteiger partial charge < -0.3 is 14.6 Å². The van der Waals surface area contributed by atoms with Crippen molar-refractivity contribution >= 4 is 12.1 Å². The van der Waals surface area contributed by atoms with Crippen molar-refractivity contribution in [3.05, 3.63) is 0 Å². The molecule has 82 valence electrons. The van der Waals surface area contributed by atoms with Gasteiger partial charge in [-0.2, -0.15) is 0 Å². The highest BCUT2D eigenvalue weighted by Crippen LogP contribution is 2.12. The molecule has 1 unspecified atom stereocenters. The number of carbonyl (C=O) groups excluding carboxylic acids is 1. The van der Waals surface area contributed by atoms with Crippen LogP contribution in [-0.2, 0) is 14.3 Å². The molecule has 0 aromatic carbocycles. The van der Waals surface area contributed by atoms with Gasteiger partial charge in [-0.05, 0) is 6.92 Å². The number of carboxylic acid groups (broad SMARTS) is 1. The molecule has 0 bridgehead atoms. The third-order valence-corrected chi connectivity index (χ3v) is 1.72. The number of alkyl carbamates (subject to hydrolysis) is 1. The van der Waals surface area contributed by atoms with Gasteiger partial charge in [0, 0.05) is 13.0 Å². The summed E-state index contributed by atoms with van der Waals surface area (Å²) in [6, 6.07) is 0. The van der Waals surface area contributed by atoms with Crippen LogP contribution in [0.2, 0.25) is 0 Å². The van der Waals surface area contributed by atoms with Gasteiger partial charge in [0.1, 0.15) is 0 Å². The number of hydrogen-bond acceptors (Lipinski definition) is 4. The Morgan fingerprint density at radius 2 is 2.00 bits per heavy atom. The first kappa shape index (κ1) is 12.7. The van der Waals surface area contributed by atoms with Crippen LogP contribution in [0.4, 0.5) is 4.79 Å². The topological polar surface area (TPSA) is 84.9 Å². The Hall–Kier alpha value is -1.30. The van der Waals surface area contributed by atoms with Gasteiger partial charge in [-0.1, -0.05) is 6.92 Å². The Kier molecular flexibility index (Phi) is 4.93. The quantitative estimate of drug-likeness (QED) is 0.641. The predicted molar refractivity (Wildman–Crippen MR) is 47.8 cm³/mol. The van der Waals surface area contributed by atoms with Gasteiger partial charge in [0.25, 0.3) is 0 Å². The molecule has 0 aliphatic rings. The van der Waals surface area contributed by atoms with E-state index >= 15 is 0 Å². The normalized spacial score (nSPS) is 14.2. The fraction of sp³-hybridized carbons (Fsp3) is 0.750. The number of ether oxygens (including phenoxy) is 2. The molecule has 6 heteroatoms. The zero-order valence-electron chi connectivity index (χ0n) is 8.49. The molecule has 6 nitrogen and oxygen atoms in total. The molecule has 1 atom stereocenters. The fourth-order valence-corrected chi connectivity index (χ4v) is 0.955. The molecule has 0 spiro atoms. The Balaban J connectivity index is 4.66. The number of methoxy groups -OCH3 is 1. The Morgan fingerprint density at radius 3 is 2.29 bits per heavy atom. The number of carboxylic acids is 1. The number of nitrogens with one attached hydrogen (secondary N) is 1. The van der Waals surface area contributed by atoms with Crippen LogP contribution >= 0.6 is 0 Å². The summed E-state index contributed by atoms with van der Waals surface area (Å²) in [6.45, 7) is 3.43. The molecule has 0 radical (unpaired) electrons. The molecule has 0 heterocycles. The van der Waals surface area contributed by atoms with Gasteiger partial charge in [-0.15, -0.1) is 0 Å². The van der Waals surface area contributed by atoms with Gasteiger partial charge in [0.2, 0.25) is 5.72 Å². The minimum Gasteiger partial charge on any atom is -0.478 e. The standard InChI is InChI=1S/C8H15NO5/c1-4-8(6(10)11,14-5-2)9-7(12)13-3/h4-5H2,1-3H3,(H,9,12)(H,10,11). The molecule has 0 aliphatic carbocycles. The highest BCUT2D eigenvalue weighted by Gasteiger charge is 2.39. The second-order valence-corrected chi connectivity index (χ2v) is 2.54. The minimum absolute atomic E-state index is 0.116. The lowest BCUT2D eigenvalue weighted by Gasteiger charge is -2.27. The maximum Gasteiger partial charge on any atom is 0.409 e. The average molecular weight is 205 g/mol. The summed E-state index contributed by atoms with van der Waals surface area (Å²) in [4.78, 5) is 21.8. The van der Waals surface area contributed by atoms with Crippen LogP contribution in [0.3, 0.4) is 0 Å². The van der Waals surface area contributed by atoms with Crippen LogP contribution in [0.1, 0.15) is 20.3 Å². The molecule has 0 fully saturated rings. The van der Waals surface area contributed by atoms with Crippen molar-refractivity contribution in [2.75, 3.05) is 13.7 Å². The highest BCUT2D eigenvalue weighted by atomic mass is 16.6. The highest BCUT2D eigenvalue weighted by molar-refractivity contribution is 5.82. The van der Waals surface area contributed by atoms with Gasteiger partial charge in [0.15, 0.2) is 0 Å². The monoisotopic (exact) mass is 205 g/mol. The fourth-order valence-electron chi connectivity index (χ4n) is 0.955. The van der Waals surface area contributed by atoms with E-state index in [4.69, 9.17) is 9.84 Å². The molecule has 0 saturated heterocycles. The van der Waals surface area contributed by atoms with E-state index in [9.17, 15) is 9.59 Å². The summed E-state index contributed by atoms with van der Waals surface area (Å²) < 4.78 is 9.31. The lowest BCUT2D eigenvalue weighted by Crippen LogP contribution is -2.56. The van der Waals surface area contributed by atoms with Crippen molar-refractivity contribution < 1.29 is 24.2 Å². The van der Waals surface area contributed by atoms with Gasteiger partial charge in [-0.3, -0.25) is 5.32 Å². The molecule has 0 aromatic heterocycles. The van der Waals surface area contributed by atoms with E-state index in [0.29, 0.717) is 0 Å². The van der Waals surface area contributed by atoms with Gasteiger partial charge in [-0.25, -0.2) is 9.59 Å². The van der Waals surface area contributed by atoms with Crippen molar-refractivity contribution in [2.45, 2.75) is 26.0 Å². The predicted octanol–water partition coefficient (Wildman–Crippen LogP) is 0.570. The SMILES string of the molecule is CCOC(CC)(NC(=O)OC)C(=O)O. The zero-order chi connectivity index (χ0) is 11.2. The molecule has 2 N–H and O–H groups in total. The summed E-state index contributed by atoms with van der Waals surface area (Å²) >= 11 is 0. The van der Waals surface area contributed by atoms with Crippen molar-refractivity contribution in [3.8, 4) is 0 Å². The molecule has 14 heavy (non-hydrogen) atoms. The molecule has 0 aliphatic heterocycles. The number of aliphatic carboxylic acids is 1.